The topological polar surface area (TPSA) is 103 Å². The van der Waals surface area contributed by atoms with Crippen molar-refractivity contribution in [1.82, 2.24) is 0 Å². The van der Waals surface area contributed by atoms with Crippen molar-refractivity contribution >= 4 is 14.0 Å². The average molecular weight is 207 g/mol. The Morgan fingerprint density at radius 1 is 1.46 bits per heavy atom. The van der Waals surface area contributed by atoms with Crippen molar-refractivity contribution in [2.24, 2.45) is 5.73 Å². The van der Waals surface area contributed by atoms with Crippen LogP contribution in [0, 0.1) is 0 Å². The van der Waals surface area contributed by atoms with Crippen LogP contribution in [0.2, 0.25) is 0 Å². The summed E-state index contributed by atoms with van der Waals surface area (Å²) in [6.45, 7) is 0. The summed E-state index contributed by atoms with van der Waals surface area (Å²) in [4.78, 5) is 20.4. The number of carbonyl (C=O) groups is 1. The zero-order valence-corrected chi connectivity index (χ0v) is 8.20. The first-order valence-corrected chi connectivity index (χ1v) is 5.50. The monoisotopic (exact) mass is 207 g/mol. The van der Waals surface area contributed by atoms with Gasteiger partial charge < -0.3 is 15.7 Å². The van der Waals surface area contributed by atoms with Crippen LogP contribution in [-0.4, -0.2) is 23.3 Å². The molecule has 0 heterocycles. The largest absolute Gasteiger partial charge is 0.596 e. The predicted molar refractivity (Wildman–Crippen MR) is 46.6 cm³/mol. The second-order valence-corrected chi connectivity index (χ2v) is 3.96. The first-order valence-electron chi connectivity index (χ1n) is 4.14. The van der Waals surface area contributed by atoms with Crippen LogP contribution in [0.15, 0.2) is 0 Å². The lowest BCUT2D eigenvalue weighted by Crippen LogP contribution is -2.29. The number of nitrogens with two attached hydrogens (primary N) is 1. The molecule has 0 amide bonds. The van der Waals surface area contributed by atoms with E-state index in [2.05, 4.69) is 0 Å². The summed E-state index contributed by atoms with van der Waals surface area (Å²) in [5, 5.41) is 8.40. The standard InChI is InChI=1S/C7H14NO4P/c8-6(7(9)10)4-2-1-3-5-13(11)12/h6H,1-5,8H2,(H,9,10)/t6-/m1/s1. The third-order valence-corrected chi connectivity index (χ3v) is 2.35. The van der Waals surface area contributed by atoms with E-state index >= 15 is 0 Å². The van der Waals surface area contributed by atoms with Crippen molar-refractivity contribution < 1.29 is 19.4 Å². The predicted octanol–water partition coefficient (Wildman–Crippen LogP) is 0.0614. The number of hydrogen-bond acceptors (Lipinski definition) is 4. The van der Waals surface area contributed by atoms with Crippen molar-refractivity contribution in [3.05, 3.63) is 0 Å². The number of aliphatic carboxylic acids is 1. The summed E-state index contributed by atoms with van der Waals surface area (Å²) in [5.74, 6) is -1.00. The molecule has 0 aromatic rings. The Labute approximate surface area is 77.8 Å². The molecule has 0 fully saturated rings. The molecule has 5 nitrogen and oxygen atoms in total. The SMILES string of the molecule is N[C@H](CCCCC[P+](=O)[O-])C(=O)O. The van der Waals surface area contributed by atoms with E-state index in [1.54, 1.807) is 0 Å². The van der Waals surface area contributed by atoms with Crippen molar-refractivity contribution in [2.45, 2.75) is 31.7 Å². The summed E-state index contributed by atoms with van der Waals surface area (Å²) >= 11 is 0. The first-order chi connectivity index (χ1) is 6.04. The van der Waals surface area contributed by atoms with Gasteiger partial charge >= 0.3 is 14.0 Å². The smallest absolute Gasteiger partial charge is 0.320 e. The molecule has 0 aliphatic heterocycles. The quantitative estimate of drug-likeness (QED) is 0.453. The van der Waals surface area contributed by atoms with Crippen LogP contribution in [0.5, 0.6) is 0 Å². The fourth-order valence-electron chi connectivity index (χ4n) is 0.905. The molecule has 0 bridgehead atoms. The molecule has 1 unspecified atom stereocenters. The van der Waals surface area contributed by atoms with Gasteiger partial charge in [-0.15, -0.1) is 0 Å². The normalized spacial score (nSPS) is 13.8. The van der Waals surface area contributed by atoms with Crippen LogP contribution in [0.3, 0.4) is 0 Å². The van der Waals surface area contributed by atoms with E-state index in [-0.39, 0.29) is 6.16 Å². The van der Waals surface area contributed by atoms with Gasteiger partial charge in [0.05, 0.1) is 0 Å². The molecule has 0 saturated heterocycles. The number of unbranched alkanes of at least 4 members (excludes halogenated alkanes) is 2. The van der Waals surface area contributed by atoms with Crippen molar-refractivity contribution in [2.75, 3.05) is 6.16 Å². The Kier molecular flexibility index (Phi) is 6.68. The summed E-state index contributed by atoms with van der Waals surface area (Å²) in [7, 11) is -2.29. The van der Waals surface area contributed by atoms with Crippen LogP contribution >= 0.6 is 8.03 Å². The number of carboxylic acids is 1. The highest BCUT2D eigenvalue weighted by Gasteiger charge is 2.10. The van der Waals surface area contributed by atoms with Gasteiger partial charge in [0.15, 0.2) is 0 Å². The van der Waals surface area contributed by atoms with Crippen molar-refractivity contribution in [3.63, 3.8) is 0 Å². The maximum atomic E-state index is 10.2. The Hall–Kier alpha value is -0.510. The summed E-state index contributed by atoms with van der Waals surface area (Å²) in [5.41, 5.74) is 5.24. The van der Waals surface area contributed by atoms with Crippen LogP contribution in [0.25, 0.3) is 0 Å². The highest BCUT2D eigenvalue weighted by atomic mass is 31.1. The van der Waals surface area contributed by atoms with Crippen LogP contribution in [-0.2, 0) is 9.36 Å². The van der Waals surface area contributed by atoms with E-state index in [0.717, 1.165) is 0 Å². The van der Waals surface area contributed by atoms with Gasteiger partial charge in [0.2, 0.25) is 0 Å². The van der Waals surface area contributed by atoms with E-state index < -0.39 is 20.0 Å². The Bertz CT molecular complexity index is 185. The lowest BCUT2D eigenvalue weighted by atomic mass is 10.1. The van der Waals surface area contributed by atoms with Crippen molar-refractivity contribution in [3.8, 4) is 0 Å². The third kappa shape index (κ3) is 7.84. The minimum atomic E-state index is -2.29. The molecule has 0 aromatic carbocycles. The zero-order valence-electron chi connectivity index (χ0n) is 7.31. The fraction of sp³-hybridized carbons (Fsp3) is 0.857. The van der Waals surface area contributed by atoms with E-state index in [1.165, 1.54) is 0 Å². The molecule has 2 atom stereocenters. The van der Waals surface area contributed by atoms with Crippen LogP contribution < -0.4 is 10.6 Å². The van der Waals surface area contributed by atoms with Gasteiger partial charge in [0, 0.05) is 0 Å². The maximum Gasteiger partial charge on any atom is 0.320 e. The van der Waals surface area contributed by atoms with Gasteiger partial charge in [0.1, 0.15) is 12.2 Å². The third-order valence-electron chi connectivity index (χ3n) is 1.67. The van der Waals surface area contributed by atoms with Gasteiger partial charge in [-0.1, -0.05) is 11.0 Å². The molecular weight excluding hydrogens is 193 g/mol. The average Bonchev–Trinajstić information content (AvgIpc) is 2.02. The van der Waals surface area contributed by atoms with Gasteiger partial charge in [-0.25, -0.2) is 0 Å². The molecule has 0 spiro atoms. The Morgan fingerprint density at radius 2 is 2.08 bits per heavy atom. The van der Waals surface area contributed by atoms with Crippen molar-refractivity contribution in [1.29, 1.82) is 0 Å². The van der Waals surface area contributed by atoms with Gasteiger partial charge in [-0.3, -0.25) is 4.79 Å². The molecule has 6 heteroatoms. The molecule has 0 saturated carbocycles. The number of rotatable bonds is 7. The molecule has 0 aliphatic rings. The molecule has 13 heavy (non-hydrogen) atoms. The van der Waals surface area contributed by atoms with E-state index in [0.29, 0.717) is 25.7 Å². The maximum absolute atomic E-state index is 10.2. The summed E-state index contributed by atoms with van der Waals surface area (Å²) in [6.07, 6.45) is 2.55. The zero-order chi connectivity index (χ0) is 10.3. The lowest BCUT2D eigenvalue weighted by Gasteiger charge is -2.04. The molecule has 0 rings (SSSR count). The Balaban J connectivity index is 3.26. The first kappa shape index (κ1) is 12.5. The molecule has 3 N–H and O–H groups in total. The minimum absolute atomic E-state index is 0.178. The second-order valence-electron chi connectivity index (χ2n) is 2.85. The molecule has 0 radical (unpaired) electrons. The molecule has 0 aliphatic carbocycles. The molecule has 0 aromatic heterocycles. The molecule has 76 valence electrons. The lowest BCUT2D eigenvalue weighted by molar-refractivity contribution is -0.164. The van der Waals surface area contributed by atoms with Crippen LogP contribution in [0.1, 0.15) is 25.7 Å². The summed E-state index contributed by atoms with van der Waals surface area (Å²) in [6, 6.07) is -0.819. The second kappa shape index (κ2) is 6.95. The fourth-order valence-corrected chi connectivity index (χ4v) is 1.39. The Morgan fingerprint density at radius 3 is 2.54 bits per heavy atom. The van der Waals surface area contributed by atoms with Gasteiger partial charge in [0.25, 0.3) is 0 Å². The van der Waals surface area contributed by atoms with Gasteiger partial charge in [-0.2, -0.15) is 0 Å². The highest BCUT2D eigenvalue weighted by molar-refractivity contribution is 7.36. The van der Waals surface area contributed by atoms with E-state index in [4.69, 9.17) is 10.8 Å². The number of hydrogen-bond donors (Lipinski definition) is 2. The summed E-state index contributed by atoms with van der Waals surface area (Å²) < 4.78 is 10.1. The molecular formula is C7H14NO4P. The minimum Gasteiger partial charge on any atom is -0.596 e. The highest BCUT2D eigenvalue weighted by Crippen LogP contribution is 2.12. The number of carboxylic acid groups (broad SMARTS) is 1. The van der Waals surface area contributed by atoms with Crippen LogP contribution in [0.4, 0.5) is 0 Å². The van der Waals surface area contributed by atoms with E-state index in [1.807, 2.05) is 0 Å². The van der Waals surface area contributed by atoms with E-state index in [9.17, 15) is 14.3 Å². The van der Waals surface area contributed by atoms with Gasteiger partial charge in [-0.05, 0) is 19.3 Å².